The molecule has 0 spiro atoms. The van der Waals surface area contributed by atoms with Crippen LogP contribution >= 0.6 is 0 Å². The molecule has 2 aromatic carbocycles. The maximum atomic E-state index is 13.1. The molecule has 1 saturated heterocycles. The molecule has 0 aromatic heterocycles. The summed E-state index contributed by atoms with van der Waals surface area (Å²) in [7, 11) is -2.19. The van der Waals surface area contributed by atoms with Gasteiger partial charge in [-0.25, -0.2) is 8.42 Å². The van der Waals surface area contributed by atoms with Crippen LogP contribution in [0.2, 0.25) is 0 Å². The van der Waals surface area contributed by atoms with Gasteiger partial charge in [-0.2, -0.15) is 4.31 Å². The number of nitrogens with one attached hydrogen (secondary N) is 1. The van der Waals surface area contributed by atoms with E-state index in [9.17, 15) is 13.2 Å². The second-order valence-electron chi connectivity index (χ2n) is 7.04. The SMILES string of the molecule is COc1ccc(C)cc1S(=O)(=O)N1CCC(C(=O)NCc2ccccc2)CC1. The van der Waals surface area contributed by atoms with Gasteiger partial charge in [0.15, 0.2) is 0 Å². The number of amides is 1. The maximum absolute atomic E-state index is 13.1. The van der Waals surface area contributed by atoms with Crippen LogP contribution in [0.25, 0.3) is 0 Å². The third-order valence-corrected chi connectivity index (χ3v) is 6.99. The summed E-state index contributed by atoms with van der Waals surface area (Å²) in [6, 6.07) is 14.9. The van der Waals surface area contributed by atoms with Crippen LogP contribution in [0, 0.1) is 12.8 Å². The molecule has 1 heterocycles. The van der Waals surface area contributed by atoms with Gasteiger partial charge < -0.3 is 10.1 Å². The van der Waals surface area contributed by atoms with Crippen LogP contribution in [0.5, 0.6) is 5.75 Å². The average molecular weight is 403 g/mol. The zero-order valence-corrected chi connectivity index (χ0v) is 17.0. The highest BCUT2D eigenvalue weighted by molar-refractivity contribution is 7.89. The average Bonchev–Trinajstić information content (AvgIpc) is 2.73. The molecule has 1 amide bonds. The summed E-state index contributed by atoms with van der Waals surface area (Å²) in [5, 5.41) is 2.95. The minimum Gasteiger partial charge on any atom is -0.495 e. The number of nitrogens with zero attached hydrogens (tertiary/aromatic N) is 1. The van der Waals surface area contributed by atoms with Crippen LogP contribution in [-0.2, 0) is 21.4 Å². The molecule has 0 aliphatic carbocycles. The van der Waals surface area contributed by atoms with Crippen LogP contribution in [0.4, 0.5) is 0 Å². The molecular formula is C21H26N2O4S. The van der Waals surface area contributed by atoms with Crippen molar-refractivity contribution >= 4 is 15.9 Å². The Kier molecular flexibility index (Phi) is 6.36. The summed E-state index contributed by atoms with van der Waals surface area (Å²) < 4.78 is 32.8. The largest absolute Gasteiger partial charge is 0.495 e. The Bertz CT molecular complexity index is 921. The fourth-order valence-corrected chi connectivity index (χ4v) is 5.12. The number of piperidine rings is 1. The third-order valence-electron chi connectivity index (χ3n) is 5.07. The number of methoxy groups -OCH3 is 1. The first-order valence-corrected chi connectivity index (χ1v) is 10.8. The van der Waals surface area contributed by atoms with Crippen molar-refractivity contribution in [2.24, 2.45) is 5.92 Å². The molecule has 6 nitrogen and oxygen atoms in total. The van der Waals surface area contributed by atoms with E-state index in [0.29, 0.717) is 38.2 Å². The summed E-state index contributed by atoms with van der Waals surface area (Å²) in [6.07, 6.45) is 1.02. The predicted molar refractivity (Wildman–Crippen MR) is 108 cm³/mol. The summed E-state index contributed by atoms with van der Waals surface area (Å²) in [5.41, 5.74) is 1.90. The Balaban J connectivity index is 1.61. The Morgan fingerprint density at radius 3 is 2.46 bits per heavy atom. The van der Waals surface area contributed by atoms with Gasteiger partial charge in [0.2, 0.25) is 15.9 Å². The van der Waals surface area contributed by atoms with Crippen LogP contribution < -0.4 is 10.1 Å². The predicted octanol–water partition coefficient (Wildman–Crippen LogP) is 2.72. The van der Waals surface area contributed by atoms with E-state index in [-0.39, 0.29) is 16.7 Å². The van der Waals surface area contributed by atoms with Gasteiger partial charge in [0, 0.05) is 25.6 Å². The topological polar surface area (TPSA) is 75.7 Å². The number of hydrogen-bond donors (Lipinski definition) is 1. The molecule has 1 aliphatic rings. The van der Waals surface area contributed by atoms with E-state index >= 15 is 0 Å². The van der Waals surface area contributed by atoms with Crippen molar-refractivity contribution in [2.75, 3.05) is 20.2 Å². The van der Waals surface area contributed by atoms with Gasteiger partial charge in [0.05, 0.1) is 7.11 Å². The van der Waals surface area contributed by atoms with E-state index in [0.717, 1.165) is 11.1 Å². The molecule has 2 aromatic rings. The van der Waals surface area contributed by atoms with Crippen molar-refractivity contribution in [1.29, 1.82) is 0 Å². The van der Waals surface area contributed by atoms with E-state index in [4.69, 9.17) is 4.74 Å². The van der Waals surface area contributed by atoms with Crippen LogP contribution in [-0.4, -0.2) is 38.8 Å². The zero-order chi connectivity index (χ0) is 20.1. The number of carbonyl (C=O) groups is 1. The van der Waals surface area contributed by atoms with E-state index in [1.165, 1.54) is 11.4 Å². The number of benzene rings is 2. The molecule has 0 atom stereocenters. The summed E-state index contributed by atoms with van der Waals surface area (Å²) in [5.74, 6) is 0.150. The number of sulfonamides is 1. The molecule has 7 heteroatoms. The van der Waals surface area contributed by atoms with E-state index in [1.807, 2.05) is 43.3 Å². The van der Waals surface area contributed by atoms with Crippen molar-refractivity contribution in [3.63, 3.8) is 0 Å². The van der Waals surface area contributed by atoms with Gasteiger partial charge in [-0.05, 0) is 43.0 Å². The number of aryl methyl sites for hydroxylation is 1. The molecular weight excluding hydrogens is 376 g/mol. The Morgan fingerprint density at radius 2 is 1.82 bits per heavy atom. The molecule has 3 rings (SSSR count). The molecule has 1 fully saturated rings. The second-order valence-corrected chi connectivity index (χ2v) is 8.94. The Morgan fingerprint density at radius 1 is 1.14 bits per heavy atom. The molecule has 0 bridgehead atoms. The van der Waals surface area contributed by atoms with Gasteiger partial charge >= 0.3 is 0 Å². The lowest BCUT2D eigenvalue weighted by molar-refractivity contribution is -0.126. The van der Waals surface area contributed by atoms with Gasteiger partial charge in [0.1, 0.15) is 10.6 Å². The first-order valence-electron chi connectivity index (χ1n) is 9.38. The van der Waals surface area contributed by atoms with Crippen molar-refractivity contribution in [2.45, 2.75) is 31.2 Å². The first-order chi connectivity index (χ1) is 13.4. The summed E-state index contributed by atoms with van der Waals surface area (Å²) in [4.78, 5) is 12.6. The third kappa shape index (κ3) is 4.54. The highest BCUT2D eigenvalue weighted by atomic mass is 32.2. The molecule has 1 aliphatic heterocycles. The molecule has 28 heavy (non-hydrogen) atoms. The standard InChI is InChI=1S/C21H26N2O4S/c1-16-8-9-19(27-2)20(14-16)28(25,26)23-12-10-18(11-13-23)21(24)22-15-17-6-4-3-5-7-17/h3-9,14,18H,10-13,15H2,1-2H3,(H,22,24). The van der Waals surface area contributed by atoms with Gasteiger partial charge in [-0.1, -0.05) is 36.4 Å². The zero-order valence-electron chi connectivity index (χ0n) is 16.2. The number of hydrogen-bond acceptors (Lipinski definition) is 4. The van der Waals surface area contributed by atoms with E-state index in [2.05, 4.69) is 5.32 Å². The lowest BCUT2D eigenvalue weighted by Crippen LogP contribution is -2.42. The highest BCUT2D eigenvalue weighted by Gasteiger charge is 2.33. The smallest absolute Gasteiger partial charge is 0.246 e. The van der Waals surface area contributed by atoms with Gasteiger partial charge in [-0.3, -0.25) is 4.79 Å². The van der Waals surface area contributed by atoms with E-state index in [1.54, 1.807) is 12.1 Å². The molecule has 1 N–H and O–H groups in total. The van der Waals surface area contributed by atoms with E-state index < -0.39 is 10.0 Å². The highest BCUT2D eigenvalue weighted by Crippen LogP contribution is 2.30. The summed E-state index contributed by atoms with van der Waals surface area (Å²) in [6.45, 7) is 2.98. The fourth-order valence-electron chi connectivity index (χ4n) is 3.41. The lowest BCUT2D eigenvalue weighted by atomic mass is 9.97. The minimum atomic E-state index is -3.66. The normalized spacial score (nSPS) is 15.9. The first kappa shape index (κ1) is 20.4. The Hall–Kier alpha value is -2.38. The van der Waals surface area contributed by atoms with Crippen LogP contribution in [0.3, 0.4) is 0 Å². The van der Waals surface area contributed by atoms with Crippen LogP contribution in [0.15, 0.2) is 53.4 Å². The quantitative estimate of drug-likeness (QED) is 0.806. The lowest BCUT2D eigenvalue weighted by Gasteiger charge is -2.31. The van der Waals surface area contributed by atoms with Crippen molar-refractivity contribution in [3.8, 4) is 5.75 Å². The maximum Gasteiger partial charge on any atom is 0.246 e. The fraction of sp³-hybridized carbons (Fsp3) is 0.381. The molecule has 0 saturated carbocycles. The number of rotatable bonds is 6. The number of carbonyl (C=O) groups excluding carboxylic acids is 1. The van der Waals surface area contributed by atoms with Crippen LogP contribution in [0.1, 0.15) is 24.0 Å². The van der Waals surface area contributed by atoms with Crippen molar-refractivity contribution in [3.05, 3.63) is 59.7 Å². The minimum absolute atomic E-state index is 0.0194. The summed E-state index contributed by atoms with van der Waals surface area (Å²) >= 11 is 0. The molecule has 150 valence electrons. The Labute approximate surface area is 166 Å². The van der Waals surface area contributed by atoms with Crippen molar-refractivity contribution < 1.29 is 17.9 Å². The number of ether oxygens (including phenoxy) is 1. The molecule has 0 radical (unpaired) electrons. The van der Waals surface area contributed by atoms with Gasteiger partial charge in [0.25, 0.3) is 0 Å². The van der Waals surface area contributed by atoms with Gasteiger partial charge in [-0.15, -0.1) is 0 Å². The molecule has 0 unspecified atom stereocenters. The second kappa shape index (κ2) is 8.75. The monoisotopic (exact) mass is 402 g/mol. The van der Waals surface area contributed by atoms with Crippen molar-refractivity contribution in [1.82, 2.24) is 9.62 Å².